The lowest BCUT2D eigenvalue weighted by Crippen LogP contribution is -2.52. The third kappa shape index (κ3) is 4.09. The van der Waals surface area contributed by atoms with Gasteiger partial charge >= 0.3 is 12.0 Å². The number of aliphatic carboxylic acids is 1. The van der Waals surface area contributed by atoms with E-state index in [0.717, 1.165) is 5.56 Å². The number of anilines is 1. The first kappa shape index (κ1) is 16.8. The minimum absolute atomic E-state index is 0.00663. The molecule has 7 nitrogen and oxygen atoms in total. The zero-order valence-electron chi connectivity index (χ0n) is 12.2. The van der Waals surface area contributed by atoms with Gasteiger partial charge in [-0.1, -0.05) is 6.07 Å². The maximum Gasteiger partial charge on any atom is 0.328 e. The lowest BCUT2D eigenvalue weighted by Gasteiger charge is -2.26. The molecule has 0 aromatic heterocycles. The molecule has 2 amide bonds. The van der Waals surface area contributed by atoms with Crippen molar-refractivity contribution >= 4 is 17.7 Å². The normalized spacial score (nSPS) is 13.3. The highest BCUT2D eigenvalue weighted by molar-refractivity contribution is 5.95. The first-order valence-corrected chi connectivity index (χ1v) is 6.56. The smallest absolute Gasteiger partial charge is 0.328 e. The standard InChI is InChI=1S/C14H20N2O5/c1-4-16(11-7-10(18)6-5-8(11)2)14(21)15-12(9(3)17)13(19)20/h5-7,9,12,17-18H,4H2,1-3H3,(H,15,21)(H,19,20)/t9-,12+/m1/s1. The lowest BCUT2D eigenvalue weighted by atomic mass is 10.1. The summed E-state index contributed by atoms with van der Waals surface area (Å²) in [5.41, 5.74) is 1.23. The average Bonchev–Trinajstić information content (AvgIpc) is 2.40. The maximum absolute atomic E-state index is 12.2. The minimum atomic E-state index is -1.40. The third-order valence-electron chi connectivity index (χ3n) is 3.07. The van der Waals surface area contributed by atoms with Crippen LogP contribution in [0.3, 0.4) is 0 Å². The largest absolute Gasteiger partial charge is 0.508 e. The first-order chi connectivity index (χ1) is 9.77. The monoisotopic (exact) mass is 296 g/mol. The minimum Gasteiger partial charge on any atom is -0.508 e. The molecule has 0 saturated carbocycles. The van der Waals surface area contributed by atoms with E-state index in [1.807, 2.05) is 0 Å². The molecule has 1 aromatic carbocycles. The quantitative estimate of drug-likeness (QED) is 0.649. The van der Waals surface area contributed by atoms with Crippen molar-refractivity contribution in [3.8, 4) is 5.75 Å². The summed E-state index contributed by atoms with van der Waals surface area (Å²) in [6.07, 6.45) is -1.23. The van der Waals surface area contributed by atoms with E-state index < -0.39 is 24.1 Å². The third-order valence-corrected chi connectivity index (χ3v) is 3.07. The number of aromatic hydroxyl groups is 1. The SMILES string of the molecule is CCN(C(=O)N[C@H](C(=O)O)[C@@H](C)O)c1cc(O)ccc1C. The van der Waals surface area contributed by atoms with Crippen LogP contribution in [0.1, 0.15) is 19.4 Å². The molecule has 0 aliphatic rings. The van der Waals surface area contributed by atoms with Crippen molar-refractivity contribution in [3.63, 3.8) is 0 Å². The molecule has 0 saturated heterocycles. The number of aliphatic hydroxyl groups excluding tert-OH is 1. The highest BCUT2D eigenvalue weighted by Gasteiger charge is 2.27. The highest BCUT2D eigenvalue weighted by atomic mass is 16.4. The molecular weight excluding hydrogens is 276 g/mol. The number of carbonyl (C=O) groups is 2. The predicted molar refractivity (Wildman–Crippen MR) is 77.5 cm³/mol. The van der Waals surface area contributed by atoms with Crippen molar-refractivity contribution in [2.75, 3.05) is 11.4 Å². The van der Waals surface area contributed by atoms with Crippen LogP contribution in [-0.4, -0.2) is 46.0 Å². The van der Waals surface area contributed by atoms with Crippen molar-refractivity contribution in [1.29, 1.82) is 0 Å². The molecule has 4 N–H and O–H groups in total. The van der Waals surface area contributed by atoms with Gasteiger partial charge in [0.25, 0.3) is 0 Å². The second-order valence-corrected chi connectivity index (χ2v) is 4.72. The van der Waals surface area contributed by atoms with Crippen molar-refractivity contribution < 1.29 is 24.9 Å². The van der Waals surface area contributed by atoms with Crippen LogP contribution < -0.4 is 10.2 Å². The van der Waals surface area contributed by atoms with Crippen LogP contribution in [0.4, 0.5) is 10.5 Å². The Bertz CT molecular complexity index is 530. The Morgan fingerprint density at radius 3 is 2.48 bits per heavy atom. The molecule has 0 spiro atoms. The molecule has 0 aliphatic heterocycles. The Morgan fingerprint density at radius 2 is 2.00 bits per heavy atom. The van der Waals surface area contributed by atoms with Crippen LogP contribution in [0.15, 0.2) is 18.2 Å². The van der Waals surface area contributed by atoms with Gasteiger partial charge in [0.1, 0.15) is 5.75 Å². The number of amides is 2. The van der Waals surface area contributed by atoms with Gasteiger partial charge in [0.15, 0.2) is 6.04 Å². The average molecular weight is 296 g/mol. The summed E-state index contributed by atoms with van der Waals surface area (Å²) in [4.78, 5) is 24.5. The number of aryl methyl sites for hydroxylation is 1. The number of phenolic OH excluding ortho intramolecular Hbond substituents is 1. The number of nitrogens with one attached hydrogen (secondary N) is 1. The van der Waals surface area contributed by atoms with E-state index >= 15 is 0 Å². The molecule has 0 aliphatic carbocycles. The van der Waals surface area contributed by atoms with Gasteiger partial charge < -0.3 is 20.6 Å². The van der Waals surface area contributed by atoms with Crippen LogP contribution in [0, 0.1) is 6.92 Å². The summed E-state index contributed by atoms with van der Waals surface area (Å²) in [7, 11) is 0. The Labute approximate surface area is 122 Å². The number of carbonyl (C=O) groups excluding carboxylic acids is 1. The summed E-state index contributed by atoms with van der Waals surface area (Å²) in [6.45, 7) is 5.06. The molecule has 7 heteroatoms. The number of benzene rings is 1. The number of hydrogen-bond donors (Lipinski definition) is 4. The molecule has 0 bridgehead atoms. The van der Waals surface area contributed by atoms with Gasteiger partial charge in [-0.3, -0.25) is 4.90 Å². The number of phenols is 1. The van der Waals surface area contributed by atoms with Crippen molar-refractivity contribution in [2.45, 2.75) is 32.9 Å². The van der Waals surface area contributed by atoms with Gasteiger partial charge in [0.05, 0.1) is 11.8 Å². The fourth-order valence-corrected chi connectivity index (χ4v) is 1.91. The van der Waals surface area contributed by atoms with Gasteiger partial charge in [0.2, 0.25) is 0 Å². The molecule has 0 radical (unpaired) electrons. The number of aliphatic hydroxyl groups is 1. The summed E-state index contributed by atoms with van der Waals surface area (Å²) in [5, 5.41) is 30.2. The summed E-state index contributed by atoms with van der Waals surface area (Å²) < 4.78 is 0. The van der Waals surface area contributed by atoms with Crippen LogP contribution in [0.25, 0.3) is 0 Å². The van der Waals surface area contributed by atoms with E-state index in [1.165, 1.54) is 24.0 Å². The molecule has 116 valence electrons. The lowest BCUT2D eigenvalue weighted by molar-refractivity contribution is -0.141. The predicted octanol–water partition coefficient (Wildman–Crippen LogP) is 1.07. The Kier molecular flexibility index (Phi) is 5.54. The topological polar surface area (TPSA) is 110 Å². The van der Waals surface area contributed by atoms with Gasteiger partial charge in [-0.25, -0.2) is 9.59 Å². The number of rotatable bonds is 5. The molecule has 2 atom stereocenters. The summed E-state index contributed by atoms with van der Waals surface area (Å²) in [5.74, 6) is -1.31. The zero-order valence-corrected chi connectivity index (χ0v) is 12.2. The van der Waals surface area contributed by atoms with E-state index in [0.29, 0.717) is 5.69 Å². The molecule has 1 aromatic rings. The molecule has 0 fully saturated rings. The van der Waals surface area contributed by atoms with E-state index in [1.54, 1.807) is 19.9 Å². The van der Waals surface area contributed by atoms with Crippen LogP contribution in [0.2, 0.25) is 0 Å². The maximum atomic E-state index is 12.2. The van der Waals surface area contributed by atoms with Gasteiger partial charge in [0, 0.05) is 12.6 Å². The van der Waals surface area contributed by atoms with E-state index in [2.05, 4.69) is 5.32 Å². The summed E-state index contributed by atoms with van der Waals surface area (Å²) >= 11 is 0. The number of carboxylic acids is 1. The van der Waals surface area contributed by atoms with Crippen molar-refractivity contribution in [3.05, 3.63) is 23.8 Å². The van der Waals surface area contributed by atoms with Crippen molar-refractivity contribution in [2.24, 2.45) is 0 Å². The molecule has 0 unspecified atom stereocenters. The highest BCUT2D eigenvalue weighted by Crippen LogP contribution is 2.25. The van der Waals surface area contributed by atoms with E-state index in [-0.39, 0.29) is 12.3 Å². The molecule has 1 rings (SSSR count). The van der Waals surface area contributed by atoms with Gasteiger partial charge in [-0.05, 0) is 32.4 Å². The molecular formula is C14H20N2O5. The Balaban J connectivity index is 3.01. The molecule has 21 heavy (non-hydrogen) atoms. The first-order valence-electron chi connectivity index (χ1n) is 6.56. The number of nitrogens with zero attached hydrogens (tertiary/aromatic N) is 1. The number of carboxylic acid groups (broad SMARTS) is 1. The molecule has 0 heterocycles. The fraction of sp³-hybridized carbons (Fsp3) is 0.429. The van der Waals surface area contributed by atoms with E-state index in [4.69, 9.17) is 5.11 Å². The second kappa shape index (κ2) is 6.94. The van der Waals surface area contributed by atoms with Gasteiger partial charge in [-0.2, -0.15) is 0 Å². The van der Waals surface area contributed by atoms with Crippen LogP contribution in [0.5, 0.6) is 5.75 Å². The second-order valence-electron chi connectivity index (χ2n) is 4.72. The zero-order chi connectivity index (χ0) is 16.2. The van der Waals surface area contributed by atoms with Crippen LogP contribution in [-0.2, 0) is 4.79 Å². The number of hydrogen-bond acceptors (Lipinski definition) is 4. The van der Waals surface area contributed by atoms with Gasteiger partial charge in [-0.15, -0.1) is 0 Å². The van der Waals surface area contributed by atoms with E-state index in [9.17, 15) is 19.8 Å². The van der Waals surface area contributed by atoms with Crippen molar-refractivity contribution in [1.82, 2.24) is 5.32 Å². The fourth-order valence-electron chi connectivity index (χ4n) is 1.91. The summed E-state index contributed by atoms with van der Waals surface area (Å²) in [6, 6.07) is 2.53. The Morgan fingerprint density at radius 1 is 1.38 bits per heavy atom. The van der Waals surface area contributed by atoms with Crippen LogP contribution >= 0.6 is 0 Å². The Hall–Kier alpha value is -2.28. The number of urea groups is 1.